The van der Waals surface area contributed by atoms with E-state index in [0.29, 0.717) is 5.92 Å². The molecule has 2 N–H and O–H groups in total. The van der Waals surface area contributed by atoms with E-state index in [4.69, 9.17) is 39.9 Å². The number of fused-ring (bicyclic) bond motifs is 4. The molecule has 2 atom stereocenters. The minimum Gasteiger partial charge on any atom is -0.461 e. The Morgan fingerprint density at radius 3 is 2.60 bits per heavy atom. The minimum absolute atomic E-state index is 0.00496. The first-order valence-electron chi connectivity index (χ1n) is 13.3. The Labute approximate surface area is 238 Å². The molecule has 224 valence electrons. The molecule has 3 aromatic rings. The van der Waals surface area contributed by atoms with Gasteiger partial charge in [0, 0.05) is 7.11 Å². The van der Waals surface area contributed by atoms with Gasteiger partial charge in [-0.3, -0.25) is 4.79 Å². The van der Waals surface area contributed by atoms with Crippen molar-refractivity contribution < 1.29 is 41.8 Å². The number of methoxy groups -OCH3 is 1. The van der Waals surface area contributed by atoms with Gasteiger partial charge in [0.15, 0.2) is 35.7 Å². The summed E-state index contributed by atoms with van der Waals surface area (Å²) in [5.74, 6) is 1.65. The van der Waals surface area contributed by atoms with Crippen molar-refractivity contribution >= 4 is 29.1 Å². The summed E-state index contributed by atoms with van der Waals surface area (Å²) in [7, 11) is 1.27. The summed E-state index contributed by atoms with van der Waals surface area (Å²) < 4.78 is 47.1. The maximum atomic E-state index is 14.0. The molecule has 1 unspecified atom stereocenters. The second-order valence-corrected chi connectivity index (χ2v) is 10.6. The number of nitrogens with zero attached hydrogens (tertiary/aromatic N) is 4. The van der Waals surface area contributed by atoms with Gasteiger partial charge in [0.1, 0.15) is 12.1 Å². The van der Waals surface area contributed by atoms with Crippen molar-refractivity contribution in [2.24, 2.45) is 11.3 Å². The van der Waals surface area contributed by atoms with Gasteiger partial charge in [0.2, 0.25) is 5.60 Å². The van der Waals surface area contributed by atoms with E-state index in [-0.39, 0.29) is 41.0 Å². The number of anilines is 1. The quantitative estimate of drug-likeness (QED) is 0.208. The Morgan fingerprint density at radius 1 is 1.26 bits per heavy atom. The van der Waals surface area contributed by atoms with Crippen molar-refractivity contribution in [2.45, 2.75) is 70.3 Å². The number of carbonyl (C=O) groups is 2. The molecule has 0 aromatic carbocycles. The van der Waals surface area contributed by atoms with Gasteiger partial charge in [-0.05, 0) is 51.4 Å². The molecule has 3 aliphatic rings. The van der Waals surface area contributed by atoms with Crippen LogP contribution in [0.1, 0.15) is 50.0 Å². The molecule has 0 spiro atoms. The van der Waals surface area contributed by atoms with Crippen LogP contribution in [0.2, 0.25) is 0 Å². The van der Waals surface area contributed by atoms with E-state index in [1.807, 2.05) is 0 Å². The number of ether oxygens (including phenoxy) is 4. The van der Waals surface area contributed by atoms with E-state index in [1.54, 1.807) is 0 Å². The first kappa shape index (κ1) is 29.1. The number of nitrogens with two attached hydrogens (primary N) is 1. The third-order valence-corrected chi connectivity index (χ3v) is 8.29. The van der Waals surface area contributed by atoms with Crippen molar-refractivity contribution in [2.75, 3.05) is 19.5 Å². The highest BCUT2D eigenvalue weighted by atomic mass is 19.1. The molecule has 3 heterocycles. The first-order valence-corrected chi connectivity index (χ1v) is 13.3. The van der Waals surface area contributed by atoms with Crippen LogP contribution < -0.4 is 11.6 Å². The minimum atomic E-state index is -1.82. The van der Waals surface area contributed by atoms with E-state index >= 15 is 0 Å². The van der Waals surface area contributed by atoms with Crippen LogP contribution >= 0.6 is 0 Å². The predicted octanol–water partition coefficient (Wildman–Crippen LogP) is 2.66. The van der Waals surface area contributed by atoms with Gasteiger partial charge in [-0.1, -0.05) is 5.92 Å². The summed E-state index contributed by atoms with van der Waals surface area (Å²) in [6, 6.07) is 0. The maximum Gasteiger partial charge on any atom is 0.519 e. The second kappa shape index (κ2) is 11.4. The van der Waals surface area contributed by atoms with Gasteiger partial charge < -0.3 is 38.1 Å². The van der Waals surface area contributed by atoms with Gasteiger partial charge in [-0.25, -0.2) is 14.6 Å². The Balaban J connectivity index is 1.40. The summed E-state index contributed by atoms with van der Waals surface area (Å²) in [6.45, 7) is 0.218. The number of terminal acetylenes is 1. The molecular weight excluding hydrogens is 557 g/mol. The fraction of sp³-hybridized carbons (Fsp3) is 0.556. The molecular formula is C27H30FN5O9. The summed E-state index contributed by atoms with van der Waals surface area (Å²) in [5.41, 5.74) is 3.48. The molecule has 0 aliphatic heterocycles. The number of imidazole rings is 1. The molecule has 14 nitrogen and oxygen atoms in total. The number of rotatable bonds is 10. The molecule has 3 aliphatic carbocycles. The van der Waals surface area contributed by atoms with Gasteiger partial charge in [0.05, 0.1) is 18.3 Å². The highest BCUT2D eigenvalue weighted by Crippen LogP contribution is 2.51. The van der Waals surface area contributed by atoms with E-state index < -0.39 is 48.4 Å². The summed E-state index contributed by atoms with van der Waals surface area (Å²) in [5, 5.41) is 0. The van der Waals surface area contributed by atoms with Crippen LogP contribution in [0.15, 0.2) is 20.0 Å². The molecule has 15 heteroatoms. The number of carbonyl (C=O) groups excluding carboxylic acids is 2. The van der Waals surface area contributed by atoms with E-state index in [2.05, 4.69) is 20.9 Å². The Kier molecular flexibility index (Phi) is 7.91. The lowest BCUT2D eigenvalue weighted by Gasteiger charge is -2.44. The van der Waals surface area contributed by atoms with E-state index in [1.165, 1.54) is 24.9 Å². The number of aromatic nitrogens is 4. The highest BCUT2D eigenvalue weighted by Gasteiger charge is 2.49. The number of nitrogen functional groups attached to an aromatic ring is 1. The van der Waals surface area contributed by atoms with Gasteiger partial charge in [-0.15, -0.1) is 6.42 Å². The third kappa shape index (κ3) is 5.54. The topological polar surface area (TPSA) is 184 Å². The van der Waals surface area contributed by atoms with Crippen LogP contribution in [0, 0.1) is 36.7 Å². The maximum absolute atomic E-state index is 14.0. The van der Waals surface area contributed by atoms with Crippen LogP contribution in [0.25, 0.3) is 11.2 Å². The third-order valence-electron chi connectivity index (χ3n) is 8.29. The molecule has 0 amide bonds. The van der Waals surface area contributed by atoms with Crippen molar-refractivity contribution in [3.63, 3.8) is 0 Å². The zero-order valence-electron chi connectivity index (χ0n) is 23.1. The molecule has 0 radical (unpaired) electrons. The SMILES string of the molecule is C#CC(COC(=O)C12CCC(CC1)CC2)(OC)[C@H](Cn1cnc2c(N)nc(F)nc21)OC(=O)OCc1oc(=O)oc1C. The summed E-state index contributed by atoms with van der Waals surface area (Å²) >= 11 is 0. The average Bonchev–Trinajstić information content (AvgIpc) is 3.54. The van der Waals surface area contributed by atoms with Crippen LogP contribution in [-0.4, -0.2) is 57.1 Å². The first-order chi connectivity index (χ1) is 20.1. The van der Waals surface area contributed by atoms with Gasteiger partial charge in [-0.2, -0.15) is 14.4 Å². The van der Waals surface area contributed by atoms with Crippen molar-refractivity contribution in [1.82, 2.24) is 19.5 Å². The molecule has 3 fully saturated rings. The molecule has 0 saturated heterocycles. The zero-order chi connectivity index (χ0) is 30.1. The lowest BCUT2D eigenvalue weighted by Crippen LogP contribution is -2.52. The van der Waals surface area contributed by atoms with Gasteiger partial charge in [0.25, 0.3) is 0 Å². The normalized spacial score (nSPS) is 21.8. The number of aryl methyl sites for hydroxylation is 1. The molecule has 42 heavy (non-hydrogen) atoms. The Bertz CT molecular complexity index is 1570. The number of hydrogen-bond donors (Lipinski definition) is 1. The summed E-state index contributed by atoms with van der Waals surface area (Å²) in [4.78, 5) is 48.9. The van der Waals surface area contributed by atoms with Crippen molar-refractivity contribution in [3.05, 3.63) is 34.5 Å². The number of hydrogen-bond acceptors (Lipinski definition) is 13. The summed E-state index contributed by atoms with van der Waals surface area (Å²) in [6.07, 6.45) is 8.57. The predicted molar refractivity (Wildman–Crippen MR) is 140 cm³/mol. The molecule has 3 saturated carbocycles. The van der Waals surface area contributed by atoms with E-state index in [9.17, 15) is 18.8 Å². The average molecular weight is 588 g/mol. The fourth-order valence-electron chi connectivity index (χ4n) is 5.67. The highest BCUT2D eigenvalue weighted by molar-refractivity contribution is 5.81. The fourth-order valence-corrected chi connectivity index (χ4v) is 5.67. The second-order valence-electron chi connectivity index (χ2n) is 10.6. The number of halogens is 1. The lowest BCUT2D eigenvalue weighted by molar-refractivity contribution is -0.175. The molecule has 3 aromatic heterocycles. The monoisotopic (exact) mass is 587 g/mol. The zero-order valence-corrected chi connectivity index (χ0v) is 23.1. The van der Waals surface area contributed by atoms with Crippen LogP contribution in [-0.2, 0) is 36.9 Å². The molecule has 6 rings (SSSR count). The van der Waals surface area contributed by atoms with Crippen LogP contribution in [0.4, 0.5) is 15.0 Å². The lowest BCUT2D eigenvalue weighted by atomic mass is 9.61. The Hall–Kier alpha value is -4.45. The van der Waals surface area contributed by atoms with E-state index in [0.717, 1.165) is 38.5 Å². The van der Waals surface area contributed by atoms with Crippen LogP contribution in [0.5, 0.6) is 0 Å². The largest absolute Gasteiger partial charge is 0.519 e. The van der Waals surface area contributed by atoms with Crippen LogP contribution in [0.3, 0.4) is 0 Å². The smallest absolute Gasteiger partial charge is 0.461 e. The van der Waals surface area contributed by atoms with Gasteiger partial charge >= 0.3 is 24.0 Å². The standard InChI is InChI=1S/C27H30FN5O9/c1-4-27(37-3,13-39-22(34)26-8-5-16(6-9-26)7-10-26)18(42-24(35)38-12-17-15(2)40-25(36)41-17)11-33-14-30-19-20(29)31-23(28)32-21(19)33/h1,14,16,18H,5-13H2,2-3H3,(H2,29,31,32)/t16?,18-,26?,27?/m0/s1. The number of esters is 1. The van der Waals surface area contributed by atoms with Crippen molar-refractivity contribution in [1.29, 1.82) is 0 Å². The molecule has 2 bridgehead atoms. The Morgan fingerprint density at radius 2 is 1.98 bits per heavy atom. The van der Waals surface area contributed by atoms with Crippen molar-refractivity contribution in [3.8, 4) is 12.3 Å².